The van der Waals surface area contributed by atoms with Gasteiger partial charge < -0.3 is 25.1 Å². The van der Waals surface area contributed by atoms with Crippen LogP contribution >= 0.6 is 0 Å². The fourth-order valence-corrected chi connectivity index (χ4v) is 1.80. The number of halogens is 3. The Morgan fingerprint density at radius 3 is 2.12 bits per heavy atom. The van der Waals surface area contributed by atoms with Crippen molar-refractivity contribution >= 4 is 11.9 Å². The van der Waals surface area contributed by atoms with Crippen molar-refractivity contribution in [1.29, 1.82) is 0 Å². The second-order valence-corrected chi connectivity index (χ2v) is 4.93. The molecule has 0 aliphatic rings. The molecule has 1 aromatic rings. The fourth-order valence-electron chi connectivity index (χ4n) is 1.80. The fraction of sp³-hybridized carbons (Fsp3) is 0.643. The molecule has 0 aromatic carbocycles. The van der Waals surface area contributed by atoms with Crippen molar-refractivity contribution in [1.82, 2.24) is 15.3 Å². The number of aromatic amines is 1. The van der Waals surface area contributed by atoms with E-state index < -0.39 is 24.1 Å². The van der Waals surface area contributed by atoms with Gasteiger partial charge in [0.15, 0.2) is 0 Å². The molecular weight excluding hydrogens is 329 g/mol. The number of nitrogens with one attached hydrogen (secondary N) is 3. The maximum Gasteiger partial charge on any atom is 0.471 e. The predicted octanol–water partition coefficient (Wildman–Crippen LogP) is -1.32. The molecule has 1 amide bonds. The monoisotopic (exact) mass is 352 g/mol. The van der Waals surface area contributed by atoms with Crippen LogP contribution < -0.4 is 15.3 Å². The number of imidazole rings is 1. The zero-order valence-corrected chi connectivity index (χ0v) is 13.9. The molecule has 7 nitrogen and oxygen atoms in total. The SMILES string of the molecule is CC[NH+](CC)CC.O=C([O-])[C@H](Cc1cnc[nH]1)NC(=O)C(F)(F)F. The summed E-state index contributed by atoms with van der Waals surface area (Å²) < 4.78 is 35.7. The first-order chi connectivity index (χ1) is 11.1. The number of alkyl halides is 3. The van der Waals surface area contributed by atoms with E-state index in [9.17, 15) is 27.9 Å². The number of carboxylic acids is 1. The van der Waals surface area contributed by atoms with E-state index in [-0.39, 0.29) is 12.1 Å². The Bertz CT molecular complexity index is 482. The van der Waals surface area contributed by atoms with Crippen LogP contribution in [0, 0.1) is 0 Å². The van der Waals surface area contributed by atoms with Crippen LogP contribution in [0.15, 0.2) is 12.5 Å². The van der Waals surface area contributed by atoms with Crippen molar-refractivity contribution < 1.29 is 32.8 Å². The maximum absolute atomic E-state index is 11.9. The summed E-state index contributed by atoms with van der Waals surface area (Å²) in [6.07, 6.45) is -3.05. The van der Waals surface area contributed by atoms with Gasteiger partial charge in [0.05, 0.1) is 38.0 Å². The summed E-state index contributed by atoms with van der Waals surface area (Å²) >= 11 is 0. The van der Waals surface area contributed by atoms with Gasteiger partial charge in [-0.1, -0.05) is 0 Å². The molecule has 1 aromatic heterocycles. The minimum Gasteiger partial charge on any atom is -0.548 e. The normalized spacial score (nSPS) is 12.3. The molecule has 1 atom stereocenters. The smallest absolute Gasteiger partial charge is 0.471 e. The minimum atomic E-state index is -5.14. The van der Waals surface area contributed by atoms with Crippen LogP contribution in [-0.2, 0) is 16.0 Å². The third-order valence-corrected chi connectivity index (χ3v) is 3.33. The van der Waals surface area contributed by atoms with Gasteiger partial charge in [0.25, 0.3) is 0 Å². The van der Waals surface area contributed by atoms with Crippen molar-refractivity contribution in [3.63, 3.8) is 0 Å². The number of H-pyrrole nitrogens is 1. The second-order valence-electron chi connectivity index (χ2n) is 4.93. The highest BCUT2D eigenvalue weighted by Gasteiger charge is 2.39. The summed E-state index contributed by atoms with van der Waals surface area (Å²) in [6.45, 7) is 10.5. The van der Waals surface area contributed by atoms with Gasteiger partial charge in [-0.2, -0.15) is 13.2 Å². The van der Waals surface area contributed by atoms with Gasteiger partial charge in [0, 0.05) is 18.3 Å². The highest BCUT2D eigenvalue weighted by atomic mass is 19.4. The summed E-state index contributed by atoms with van der Waals surface area (Å²) in [5.41, 5.74) is 0.265. The number of carbonyl (C=O) groups excluding carboxylic acids is 2. The number of aliphatic carboxylic acids is 1. The van der Waals surface area contributed by atoms with Crippen molar-refractivity contribution in [3.05, 3.63) is 18.2 Å². The molecule has 1 heterocycles. The Morgan fingerprint density at radius 2 is 1.83 bits per heavy atom. The lowest BCUT2D eigenvalue weighted by Crippen LogP contribution is -3.11. The number of rotatable bonds is 7. The van der Waals surface area contributed by atoms with Crippen molar-refractivity contribution in [2.24, 2.45) is 0 Å². The number of carboxylic acid groups (broad SMARTS) is 1. The van der Waals surface area contributed by atoms with Gasteiger partial charge in [-0.25, -0.2) is 4.98 Å². The van der Waals surface area contributed by atoms with Gasteiger partial charge in [0.2, 0.25) is 0 Å². The summed E-state index contributed by atoms with van der Waals surface area (Å²) in [7, 11) is 0. The van der Waals surface area contributed by atoms with Crippen LogP contribution in [0.1, 0.15) is 26.5 Å². The van der Waals surface area contributed by atoms with E-state index in [1.807, 2.05) is 0 Å². The van der Waals surface area contributed by atoms with E-state index in [0.717, 1.165) is 0 Å². The maximum atomic E-state index is 11.9. The summed E-state index contributed by atoms with van der Waals surface area (Å²) in [4.78, 5) is 28.9. The molecule has 0 unspecified atom stereocenters. The quantitative estimate of drug-likeness (QED) is 0.566. The third kappa shape index (κ3) is 8.51. The Labute approximate surface area is 138 Å². The first-order valence-electron chi connectivity index (χ1n) is 7.54. The summed E-state index contributed by atoms with van der Waals surface area (Å²) in [5, 5.41) is 11.9. The minimum absolute atomic E-state index is 0.265. The zero-order valence-electron chi connectivity index (χ0n) is 13.9. The average Bonchev–Trinajstić information content (AvgIpc) is 3.01. The lowest BCUT2D eigenvalue weighted by molar-refractivity contribution is -0.894. The van der Waals surface area contributed by atoms with E-state index in [1.54, 1.807) is 4.90 Å². The van der Waals surface area contributed by atoms with Crippen LogP contribution in [0.2, 0.25) is 0 Å². The number of nitrogens with zero attached hydrogens (tertiary/aromatic N) is 1. The molecule has 10 heteroatoms. The number of aromatic nitrogens is 2. The van der Waals surface area contributed by atoms with Crippen molar-refractivity contribution in [2.75, 3.05) is 19.6 Å². The Hall–Kier alpha value is -2.10. The van der Waals surface area contributed by atoms with Gasteiger partial charge in [-0.15, -0.1) is 0 Å². The molecular formula is C14H23F3N4O3. The van der Waals surface area contributed by atoms with Crippen molar-refractivity contribution in [2.45, 2.75) is 39.4 Å². The number of carbonyl (C=O) groups is 2. The highest BCUT2D eigenvalue weighted by molar-refractivity contribution is 5.86. The van der Waals surface area contributed by atoms with E-state index >= 15 is 0 Å². The molecule has 0 saturated heterocycles. The molecule has 0 aliphatic carbocycles. The van der Waals surface area contributed by atoms with Crippen LogP contribution in [0.4, 0.5) is 13.2 Å². The lowest BCUT2D eigenvalue weighted by Gasteiger charge is -2.19. The molecule has 0 aliphatic heterocycles. The van der Waals surface area contributed by atoms with Crippen LogP contribution in [0.3, 0.4) is 0 Å². The van der Waals surface area contributed by atoms with Gasteiger partial charge >= 0.3 is 12.1 Å². The second kappa shape index (κ2) is 10.6. The van der Waals surface area contributed by atoms with E-state index in [2.05, 4.69) is 30.7 Å². The first-order valence-corrected chi connectivity index (χ1v) is 7.54. The lowest BCUT2D eigenvalue weighted by atomic mass is 10.1. The third-order valence-electron chi connectivity index (χ3n) is 3.33. The Morgan fingerprint density at radius 1 is 1.29 bits per heavy atom. The molecule has 1 rings (SSSR count). The van der Waals surface area contributed by atoms with E-state index in [0.29, 0.717) is 0 Å². The summed E-state index contributed by atoms with van der Waals surface area (Å²) in [5.74, 6) is -4.14. The zero-order chi connectivity index (χ0) is 18.8. The predicted molar refractivity (Wildman–Crippen MR) is 77.9 cm³/mol. The molecule has 0 bridgehead atoms. The number of amides is 1. The highest BCUT2D eigenvalue weighted by Crippen LogP contribution is 2.14. The van der Waals surface area contributed by atoms with Crippen LogP contribution in [-0.4, -0.2) is 53.7 Å². The van der Waals surface area contributed by atoms with Crippen LogP contribution in [0.5, 0.6) is 0 Å². The summed E-state index contributed by atoms with van der Waals surface area (Å²) in [6, 6.07) is -1.77. The average molecular weight is 352 g/mol. The molecule has 138 valence electrons. The first kappa shape index (κ1) is 21.9. The number of hydrogen-bond donors (Lipinski definition) is 3. The molecule has 24 heavy (non-hydrogen) atoms. The number of quaternary nitrogens is 1. The molecule has 3 N–H and O–H groups in total. The van der Waals surface area contributed by atoms with Gasteiger partial charge in [0.1, 0.15) is 0 Å². The Kier molecular flexibility index (Phi) is 9.70. The molecule has 0 spiro atoms. The largest absolute Gasteiger partial charge is 0.548 e. The molecule has 0 radical (unpaired) electrons. The van der Waals surface area contributed by atoms with Gasteiger partial charge in [-0.05, 0) is 20.8 Å². The number of hydrogen-bond acceptors (Lipinski definition) is 4. The topological polar surface area (TPSA) is 102 Å². The molecule has 0 fully saturated rings. The van der Waals surface area contributed by atoms with Gasteiger partial charge in [-0.3, -0.25) is 4.79 Å². The van der Waals surface area contributed by atoms with E-state index in [1.165, 1.54) is 37.5 Å². The van der Waals surface area contributed by atoms with Crippen molar-refractivity contribution in [3.8, 4) is 0 Å². The Balaban J connectivity index is 0.000000640. The van der Waals surface area contributed by atoms with Crippen LogP contribution in [0.25, 0.3) is 0 Å². The molecule has 0 saturated carbocycles. The standard InChI is InChI=1S/C8H8F3N3O3.C6H15N/c9-8(10,11)7(17)14-5(6(15)16)1-4-2-12-3-13-4;1-4-7(5-2)6-3/h2-3,5H,1H2,(H,12,13)(H,14,17)(H,15,16);4-6H2,1-3H3/t5-;/m0./s1. The van der Waals surface area contributed by atoms with E-state index in [4.69, 9.17) is 0 Å².